The molecule has 0 atom stereocenters. The number of nitrogens with zero attached hydrogens (tertiary/aromatic N) is 2. The molecule has 1 heterocycles. The van der Waals surface area contributed by atoms with E-state index in [0.717, 1.165) is 45.1 Å². The number of rotatable bonds is 8. The van der Waals surface area contributed by atoms with Gasteiger partial charge in [-0.25, -0.2) is 4.98 Å². The van der Waals surface area contributed by atoms with Crippen LogP contribution in [0.4, 0.5) is 0 Å². The Hall–Kier alpha value is -1.14. The highest BCUT2D eigenvalue weighted by Crippen LogP contribution is 2.23. The fraction of sp³-hybridized carbons (Fsp3) is 0.750. The average Bonchev–Trinajstić information content (AvgIpc) is 2.94. The van der Waals surface area contributed by atoms with Crippen molar-refractivity contribution >= 4 is 17.3 Å². The fourth-order valence-corrected chi connectivity index (χ4v) is 2.83. The molecular weight excluding hydrogens is 296 g/mol. The third kappa shape index (κ3) is 7.22. The maximum absolute atomic E-state index is 5.31. The molecule has 0 spiro atoms. The number of thiazole rings is 1. The van der Waals surface area contributed by atoms with E-state index in [1.165, 1.54) is 10.7 Å². The van der Waals surface area contributed by atoms with Crippen LogP contribution >= 0.6 is 11.3 Å². The minimum atomic E-state index is 0.125. The zero-order valence-electron chi connectivity index (χ0n) is 14.5. The van der Waals surface area contributed by atoms with Crippen LogP contribution in [0.3, 0.4) is 0 Å². The largest absolute Gasteiger partial charge is 0.382 e. The van der Waals surface area contributed by atoms with Crippen molar-refractivity contribution in [1.29, 1.82) is 0 Å². The molecule has 0 bridgehead atoms. The Kier molecular flexibility index (Phi) is 8.42. The first-order valence-corrected chi connectivity index (χ1v) is 8.82. The molecule has 22 heavy (non-hydrogen) atoms. The summed E-state index contributed by atoms with van der Waals surface area (Å²) >= 11 is 1.73. The minimum absolute atomic E-state index is 0.125. The Morgan fingerprint density at radius 2 is 2.05 bits per heavy atom. The van der Waals surface area contributed by atoms with Crippen LogP contribution in [0.25, 0.3) is 0 Å². The smallest absolute Gasteiger partial charge is 0.190 e. The second-order valence-corrected chi connectivity index (χ2v) is 7.05. The lowest BCUT2D eigenvalue weighted by molar-refractivity contribution is 0.145. The summed E-state index contributed by atoms with van der Waals surface area (Å²) in [5.74, 6) is 0.837. The van der Waals surface area contributed by atoms with Crippen molar-refractivity contribution in [2.75, 3.05) is 33.4 Å². The predicted octanol–water partition coefficient (Wildman–Crippen LogP) is 2.57. The molecule has 0 aromatic carbocycles. The zero-order chi connectivity index (χ0) is 16.4. The quantitative estimate of drug-likeness (QED) is 0.438. The number of guanidine groups is 1. The lowest BCUT2D eigenvalue weighted by atomic mass is 9.93. The van der Waals surface area contributed by atoms with Crippen molar-refractivity contribution < 1.29 is 4.74 Å². The molecule has 0 saturated heterocycles. The molecule has 0 aliphatic heterocycles. The van der Waals surface area contributed by atoms with Gasteiger partial charge < -0.3 is 15.4 Å². The van der Waals surface area contributed by atoms with Crippen LogP contribution in [0.5, 0.6) is 0 Å². The van der Waals surface area contributed by atoms with Gasteiger partial charge in [0.15, 0.2) is 5.96 Å². The maximum Gasteiger partial charge on any atom is 0.190 e. The topological polar surface area (TPSA) is 58.5 Å². The number of aliphatic imine (C=N–C) groups is 1. The molecular formula is C16H30N4OS. The van der Waals surface area contributed by atoms with Crippen molar-refractivity contribution in [1.82, 2.24) is 15.6 Å². The lowest BCUT2D eigenvalue weighted by Crippen LogP contribution is -2.39. The first-order chi connectivity index (χ1) is 10.5. The highest BCUT2D eigenvalue weighted by Gasteiger charge is 2.17. The molecule has 2 N–H and O–H groups in total. The summed E-state index contributed by atoms with van der Waals surface area (Å²) in [6.07, 6.45) is 1.90. The number of aromatic nitrogens is 1. The molecule has 6 heteroatoms. The van der Waals surface area contributed by atoms with E-state index in [0.29, 0.717) is 0 Å². The van der Waals surface area contributed by atoms with Gasteiger partial charge in [-0.1, -0.05) is 20.8 Å². The van der Waals surface area contributed by atoms with Crippen molar-refractivity contribution in [3.63, 3.8) is 0 Å². The van der Waals surface area contributed by atoms with Crippen LogP contribution in [0, 0.1) is 0 Å². The zero-order valence-corrected chi connectivity index (χ0v) is 15.3. The van der Waals surface area contributed by atoms with Gasteiger partial charge in [-0.2, -0.15) is 0 Å². The number of ether oxygens (including phenoxy) is 1. The van der Waals surface area contributed by atoms with E-state index in [2.05, 4.69) is 41.8 Å². The van der Waals surface area contributed by atoms with E-state index in [1.54, 1.807) is 18.4 Å². The van der Waals surface area contributed by atoms with Gasteiger partial charge in [-0.3, -0.25) is 4.99 Å². The molecule has 126 valence electrons. The second-order valence-electron chi connectivity index (χ2n) is 6.10. The van der Waals surface area contributed by atoms with E-state index in [4.69, 9.17) is 9.72 Å². The van der Waals surface area contributed by atoms with E-state index in [1.807, 2.05) is 6.92 Å². The highest BCUT2D eigenvalue weighted by atomic mass is 32.1. The summed E-state index contributed by atoms with van der Waals surface area (Å²) in [6.45, 7) is 11.9. The average molecular weight is 327 g/mol. The Labute approximate surface area is 138 Å². The summed E-state index contributed by atoms with van der Waals surface area (Å²) in [4.78, 5) is 8.92. The van der Waals surface area contributed by atoms with Crippen molar-refractivity contribution in [3.8, 4) is 0 Å². The van der Waals surface area contributed by atoms with Gasteiger partial charge in [-0.15, -0.1) is 11.3 Å². The van der Waals surface area contributed by atoms with E-state index in [-0.39, 0.29) is 5.41 Å². The summed E-state index contributed by atoms with van der Waals surface area (Å²) in [5.41, 5.74) is 1.30. The van der Waals surface area contributed by atoms with Crippen LogP contribution in [0.2, 0.25) is 0 Å². The minimum Gasteiger partial charge on any atom is -0.382 e. The van der Waals surface area contributed by atoms with Crippen molar-refractivity contribution in [2.45, 2.75) is 46.0 Å². The SMILES string of the molecule is CCOCCCNC(=NC)NCCc1nc(C(C)(C)C)cs1. The molecule has 5 nitrogen and oxygen atoms in total. The molecule has 1 rings (SSSR count). The highest BCUT2D eigenvalue weighted by molar-refractivity contribution is 7.09. The normalized spacial score (nSPS) is 12.5. The van der Waals surface area contributed by atoms with Crippen molar-refractivity contribution in [3.05, 3.63) is 16.1 Å². The molecule has 0 amide bonds. The first kappa shape index (κ1) is 18.9. The summed E-state index contributed by atoms with van der Waals surface area (Å²) < 4.78 is 5.31. The molecule has 0 fully saturated rings. The van der Waals surface area contributed by atoms with Crippen LogP contribution in [0.15, 0.2) is 10.4 Å². The van der Waals surface area contributed by atoms with Gasteiger partial charge in [0.25, 0.3) is 0 Å². The second kappa shape index (κ2) is 9.79. The Bertz CT molecular complexity index is 451. The Morgan fingerprint density at radius 1 is 1.32 bits per heavy atom. The van der Waals surface area contributed by atoms with Gasteiger partial charge in [0.1, 0.15) is 0 Å². The third-order valence-corrected chi connectivity index (χ3v) is 4.05. The molecule has 0 radical (unpaired) electrons. The van der Waals surface area contributed by atoms with E-state index < -0.39 is 0 Å². The van der Waals surface area contributed by atoms with Crippen LogP contribution < -0.4 is 10.6 Å². The number of hydrogen-bond acceptors (Lipinski definition) is 4. The Morgan fingerprint density at radius 3 is 2.64 bits per heavy atom. The molecule has 0 saturated carbocycles. The van der Waals surface area contributed by atoms with Crippen LogP contribution in [-0.2, 0) is 16.6 Å². The molecule has 1 aromatic heterocycles. The summed E-state index contributed by atoms with van der Waals surface area (Å²) in [6, 6.07) is 0. The third-order valence-electron chi connectivity index (χ3n) is 3.14. The van der Waals surface area contributed by atoms with Crippen LogP contribution in [0.1, 0.15) is 44.8 Å². The summed E-state index contributed by atoms with van der Waals surface area (Å²) in [5, 5.41) is 9.94. The van der Waals surface area contributed by atoms with Gasteiger partial charge in [0.05, 0.1) is 10.7 Å². The monoisotopic (exact) mass is 326 g/mol. The first-order valence-electron chi connectivity index (χ1n) is 7.94. The van der Waals surface area contributed by atoms with Gasteiger partial charge in [0.2, 0.25) is 0 Å². The lowest BCUT2D eigenvalue weighted by Gasteiger charge is -2.14. The van der Waals surface area contributed by atoms with Crippen molar-refractivity contribution in [2.24, 2.45) is 4.99 Å². The number of nitrogens with one attached hydrogen (secondary N) is 2. The Balaban J connectivity index is 2.25. The maximum atomic E-state index is 5.31. The molecule has 0 aliphatic rings. The van der Waals surface area contributed by atoms with Gasteiger partial charge >= 0.3 is 0 Å². The molecule has 1 aromatic rings. The molecule has 0 aliphatic carbocycles. The van der Waals surface area contributed by atoms with E-state index >= 15 is 0 Å². The standard InChI is InChI=1S/C16H30N4OS/c1-6-21-11-7-9-18-15(17-5)19-10-8-14-20-13(12-22-14)16(2,3)4/h12H,6-11H2,1-5H3,(H2,17,18,19). The van der Waals surface area contributed by atoms with Gasteiger partial charge in [0, 0.05) is 50.6 Å². The summed E-state index contributed by atoms with van der Waals surface area (Å²) in [7, 11) is 1.79. The van der Waals surface area contributed by atoms with Crippen LogP contribution in [-0.4, -0.2) is 44.3 Å². The predicted molar refractivity (Wildman–Crippen MR) is 95.0 cm³/mol. The fourth-order valence-electron chi connectivity index (χ4n) is 1.80. The molecule has 0 unspecified atom stereocenters. The van der Waals surface area contributed by atoms with Gasteiger partial charge in [-0.05, 0) is 13.3 Å². The van der Waals surface area contributed by atoms with E-state index in [9.17, 15) is 0 Å². The number of hydrogen-bond donors (Lipinski definition) is 2.